The predicted molar refractivity (Wildman–Crippen MR) is 61.9 cm³/mol. The number of Topliss-reactive ketones (excluding diaryl/α,β-unsaturated/α-hetero) is 1. The molecule has 0 radical (unpaired) electrons. The van der Waals surface area contributed by atoms with Crippen LogP contribution < -0.4 is 0 Å². The largest absolute Gasteiger partial charge is 0.294 e. The molecule has 0 bridgehead atoms. The zero-order valence-corrected chi connectivity index (χ0v) is 9.58. The Morgan fingerprint density at radius 2 is 2.00 bits per heavy atom. The topological polar surface area (TPSA) is 17.1 Å². The standard InChI is InChI=1S/C14H17FO/c1-2-10-3-4-12(9-10)14(16)11-5-7-13(15)8-6-11/h5-8,10,12H,2-4,9H2,1H3. The van der Waals surface area contributed by atoms with E-state index >= 15 is 0 Å². The normalized spacial score (nSPS) is 24.6. The molecule has 0 heterocycles. The highest BCUT2D eigenvalue weighted by Gasteiger charge is 2.29. The third-order valence-electron chi connectivity index (χ3n) is 3.62. The van der Waals surface area contributed by atoms with Crippen LogP contribution in [-0.2, 0) is 0 Å². The number of carbonyl (C=O) groups is 1. The fraction of sp³-hybridized carbons (Fsp3) is 0.500. The Balaban J connectivity index is 2.05. The third kappa shape index (κ3) is 2.31. The van der Waals surface area contributed by atoms with Crippen LogP contribution in [0.2, 0.25) is 0 Å². The molecular formula is C14H17FO. The van der Waals surface area contributed by atoms with E-state index in [1.54, 1.807) is 12.1 Å². The van der Waals surface area contributed by atoms with Crippen molar-refractivity contribution >= 4 is 5.78 Å². The number of carbonyl (C=O) groups excluding carboxylic acids is 1. The highest BCUT2D eigenvalue weighted by atomic mass is 19.1. The van der Waals surface area contributed by atoms with E-state index < -0.39 is 0 Å². The number of benzene rings is 1. The molecule has 0 spiro atoms. The molecule has 1 fully saturated rings. The Kier molecular flexibility index (Phi) is 3.37. The molecule has 0 aliphatic heterocycles. The Bertz CT molecular complexity index is 369. The molecule has 2 unspecified atom stereocenters. The first-order valence-electron chi connectivity index (χ1n) is 6.00. The van der Waals surface area contributed by atoms with E-state index in [1.807, 2.05) is 0 Å². The van der Waals surface area contributed by atoms with Crippen molar-refractivity contribution in [1.29, 1.82) is 0 Å². The fourth-order valence-electron chi connectivity index (χ4n) is 2.53. The molecule has 16 heavy (non-hydrogen) atoms. The van der Waals surface area contributed by atoms with E-state index in [1.165, 1.54) is 12.1 Å². The minimum Gasteiger partial charge on any atom is -0.294 e. The highest BCUT2D eigenvalue weighted by molar-refractivity contribution is 5.97. The van der Waals surface area contributed by atoms with Crippen molar-refractivity contribution in [3.63, 3.8) is 0 Å². The average molecular weight is 220 g/mol. The van der Waals surface area contributed by atoms with Gasteiger partial charge in [-0.25, -0.2) is 4.39 Å². The Hall–Kier alpha value is -1.18. The van der Waals surface area contributed by atoms with Crippen molar-refractivity contribution in [1.82, 2.24) is 0 Å². The van der Waals surface area contributed by atoms with Crippen LogP contribution in [0.1, 0.15) is 43.0 Å². The summed E-state index contributed by atoms with van der Waals surface area (Å²) in [5.41, 5.74) is 0.656. The van der Waals surface area contributed by atoms with Crippen LogP contribution in [0.25, 0.3) is 0 Å². The van der Waals surface area contributed by atoms with Gasteiger partial charge in [-0.2, -0.15) is 0 Å². The molecule has 0 amide bonds. The highest BCUT2D eigenvalue weighted by Crippen LogP contribution is 2.34. The van der Waals surface area contributed by atoms with Crippen molar-refractivity contribution in [3.05, 3.63) is 35.6 Å². The minimum absolute atomic E-state index is 0.162. The van der Waals surface area contributed by atoms with Gasteiger partial charge >= 0.3 is 0 Å². The van der Waals surface area contributed by atoms with Crippen molar-refractivity contribution in [2.75, 3.05) is 0 Å². The SMILES string of the molecule is CCC1CCC(C(=O)c2ccc(F)cc2)C1. The van der Waals surface area contributed by atoms with Gasteiger partial charge in [0.25, 0.3) is 0 Å². The molecule has 2 atom stereocenters. The predicted octanol–water partition coefficient (Wildman–Crippen LogP) is 3.83. The second-order valence-corrected chi connectivity index (χ2v) is 4.66. The van der Waals surface area contributed by atoms with Gasteiger partial charge in [0.2, 0.25) is 0 Å². The van der Waals surface area contributed by atoms with E-state index in [-0.39, 0.29) is 17.5 Å². The van der Waals surface area contributed by atoms with Gasteiger partial charge in [0.15, 0.2) is 5.78 Å². The van der Waals surface area contributed by atoms with Crippen molar-refractivity contribution in [2.45, 2.75) is 32.6 Å². The molecule has 0 saturated heterocycles. The van der Waals surface area contributed by atoms with Crippen LogP contribution in [0, 0.1) is 17.7 Å². The van der Waals surface area contributed by atoms with Gasteiger partial charge in [-0.1, -0.05) is 13.3 Å². The summed E-state index contributed by atoms with van der Waals surface area (Å²) in [5.74, 6) is 0.773. The molecule has 0 aromatic heterocycles. The molecule has 1 aromatic carbocycles. The molecule has 2 heteroatoms. The fourth-order valence-corrected chi connectivity index (χ4v) is 2.53. The first kappa shape index (κ1) is 11.3. The number of halogens is 1. The summed E-state index contributed by atoms with van der Waals surface area (Å²) in [6, 6.07) is 5.91. The summed E-state index contributed by atoms with van der Waals surface area (Å²) in [6.45, 7) is 2.18. The number of rotatable bonds is 3. The van der Waals surface area contributed by atoms with Crippen LogP contribution in [0.5, 0.6) is 0 Å². The summed E-state index contributed by atoms with van der Waals surface area (Å²) in [6.07, 6.45) is 4.32. The third-order valence-corrected chi connectivity index (χ3v) is 3.62. The Labute approximate surface area is 95.7 Å². The summed E-state index contributed by atoms with van der Waals surface area (Å²) < 4.78 is 12.7. The van der Waals surface area contributed by atoms with Crippen molar-refractivity contribution in [3.8, 4) is 0 Å². The molecule has 1 aliphatic carbocycles. The minimum atomic E-state index is -0.283. The number of hydrogen-bond acceptors (Lipinski definition) is 1. The zero-order chi connectivity index (χ0) is 11.5. The maximum absolute atomic E-state index is 12.7. The summed E-state index contributed by atoms with van der Waals surface area (Å²) in [7, 11) is 0. The monoisotopic (exact) mass is 220 g/mol. The molecule has 86 valence electrons. The molecule has 1 saturated carbocycles. The smallest absolute Gasteiger partial charge is 0.165 e. The lowest BCUT2D eigenvalue weighted by atomic mass is 9.94. The Morgan fingerprint density at radius 3 is 2.56 bits per heavy atom. The van der Waals surface area contributed by atoms with E-state index in [0.29, 0.717) is 11.5 Å². The van der Waals surface area contributed by atoms with Crippen LogP contribution in [-0.4, -0.2) is 5.78 Å². The summed E-state index contributed by atoms with van der Waals surface area (Å²) >= 11 is 0. The average Bonchev–Trinajstić information content (AvgIpc) is 2.77. The molecule has 1 aromatic rings. The molecule has 2 rings (SSSR count). The van der Waals surface area contributed by atoms with Gasteiger partial charge in [-0.15, -0.1) is 0 Å². The molecular weight excluding hydrogens is 203 g/mol. The number of hydrogen-bond donors (Lipinski definition) is 0. The van der Waals surface area contributed by atoms with Gasteiger partial charge in [0.1, 0.15) is 5.82 Å². The van der Waals surface area contributed by atoms with Crippen LogP contribution in [0.15, 0.2) is 24.3 Å². The van der Waals surface area contributed by atoms with E-state index in [4.69, 9.17) is 0 Å². The lowest BCUT2D eigenvalue weighted by molar-refractivity contribution is 0.0920. The summed E-state index contributed by atoms with van der Waals surface area (Å²) in [5, 5.41) is 0. The maximum atomic E-state index is 12.7. The lowest BCUT2D eigenvalue weighted by Crippen LogP contribution is -2.11. The van der Waals surface area contributed by atoms with Gasteiger partial charge in [-0.05, 0) is 49.4 Å². The first-order chi connectivity index (χ1) is 7.70. The van der Waals surface area contributed by atoms with Gasteiger partial charge in [-0.3, -0.25) is 4.79 Å². The van der Waals surface area contributed by atoms with Crippen molar-refractivity contribution < 1.29 is 9.18 Å². The van der Waals surface area contributed by atoms with Gasteiger partial charge in [0, 0.05) is 11.5 Å². The maximum Gasteiger partial charge on any atom is 0.165 e. The second-order valence-electron chi connectivity index (χ2n) is 4.66. The number of ketones is 1. The zero-order valence-electron chi connectivity index (χ0n) is 9.58. The Morgan fingerprint density at radius 1 is 1.31 bits per heavy atom. The second kappa shape index (κ2) is 4.77. The van der Waals surface area contributed by atoms with Crippen molar-refractivity contribution in [2.24, 2.45) is 11.8 Å². The van der Waals surface area contributed by atoms with Gasteiger partial charge < -0.3 is 0 Å². The van der Waals surface area contributed by atoms with Crippen LogP contribution in [0.3, 0.4) is 0 Å². The van der Waals surface area contributed by atoms with Gasteiger partial charge in [0.05, 0.1) is 0 Å². The lowest BCUT2D eigenvalue weighted by Gasteiger charge is -2.09. The van der Waals surface area contributed by atoms with E-state index in [2.05, 4.69) is 6.92 Å². The van der Waals surface area contributed by atoms with Crippen LogP contribution in [0.4, 0.5) is 4.39 Å². The molecule has 1 aliphatic rings. The first-order valence-corrected chi connectivity index (χ1v) is 6.00. The quantitative estimate of drug-likeness (QED) is 0.707. The summed E-state index contributed by atoms with van der Waals surface area (Å²) in [4.78, 5) is 12.1. The van der Waals surface area contributed by atoms with E-state index in [9.17, 15) is 9.18 Å². The molecule has 0 N–H and O–H groups in total. The van der Waals surface area contributed by atoms with Crippen LogP contribution >= 0.6 is 0 Å². The van der Waals surface area contributed by atoms with E-state index in [0.717, 1.165) is 25.7 Å². The molecule has 1 nitrogen and oxygen atoms in total.